The average molecular weight is 309 g/mol. The zero-order valence-electron chi connectivity index (χ0n) is 12.7. The van der Waals surface area contributed by atoms with Gasteiger partial charge in [-0.05, 0) is 38.6 Å². The minimum atomic E-state index is -0.403. The standard InChI is InChI=1S/C14H23N5OS/c1-3-7-16-14(10-15)6-5-11(9-14)21-13-18-17-12(20)19(13)8-4-2/h11,16H,3-9H2,1-2H3,(H,17,20). The van der Waals surface area contributed by atoms with Crippen molar-refractivity contribution in [3.05, 3.63) is 10.5 Å². The molecule has 0 radical (unpaired) electrons. The Balaban J connectivity index is 2.02. The van der Waals surface area contributed by atoms with Crippen LogP contribution in [0.25, 0.3) is 0 Å². The van der Waals surface area contributed by atoms with Crippen LogP contribution in [0.15, 0.2) is 9.95 Å². The molecule has 116 valence electrons. The van der Waals surface area contributed by atoms with Gasteiger partial charge in [-0.15, -0.1) is 5.10 Å². The normalized spacial score (nSPS) is 25.1. The summed E-state index contributed by atoms with van der Waals surface area (Å²) < 4.78 is 1.69. The summed E-state index contributed by atoms with van der Waals surface area (Å²) in [6.07, 6.45) is 4.57. The number of thioether (sulfide) groups is 1. The molecular weight excluding hydrogens is 286 g/mol. The molecule has 1 heterocycles. The van der Waals surface area contributed by atoms with Crippen molar-refractivity contribution in [3.8, 4) is 6.07 Å². The first-order valence-electron chi connectivity index (χ1n) is 7.62. The molecule has 0 aliphatic heterocycles. The summed E-state index contributed by atoms with van der Waals surface area (Å²) in [5.74, 6) is 0. The third-order valence-electron chi connectivity index (χ3n) is 3.84. The Bertz CT molecular complexity index is 560. The van der Waals surface area contributed by atoms with Crippen molar-refractivity contribution >= 4 is 11.8 Å². The van der Waals surface area contributed by atoms with E-state index in [2.05, 4.69) is 28.5 Å². The number of nitrogens with one attached hydrogen (secondary N) is 2. The maximum atomic E-state index is 11.7. The Hall–Kier alpha value is -1.26. The van der Waals surface area contributed by atoms with Gasteiger partial charge in [0.25, 0.3) is 0 Å². The molecule has 7 heteroatoms. The molecule has 2 atom stereocenters. The average Bonchev–Trinajstić information content (AvgIpc) is 3.05. The zero-order chi connectivity index (χ0) is 15.3. The lowest BCUT2D eigenvalue weighted by Gasteiger charge is -2.22. The second kappa shape index (κ2) is 7.14. The number of rotatable bonds is 7. The van der Waals surface area contributed by atoms with Crippen LogP contribution in [0, 0.1) is 11.3 Å². The topological polar surface area (TPSA) is 86.5 Å². The minimum absolute atomic E-state index is 0.145. The molecular formula is C14H23N5OS. The van der Waals surface area contributed by atoms with Crippen LogP contribution in [0.4, 0.5) is 0 Å². The number of H-pyrrole nitrogens is 1. The Kier molecular flexibility index (Phi) is 5.48. The highest BCUT2D eigenvalue weighted by molar-refractivity contribution is 7.99. The molecule has 1 fully saturated rings. The predicted octanol–water partition coefficient (Wildman–Crippen LogP) is 1.89. The SMILES string of the molecule is CCCNC1(C#N)CCC(Sc2n[nH]c(=O)n2CCC)C1. The fraction of sp³-hybridized carbons (Fsp3) is 0.786. The van der Waals surface area contributed by atoms with Crippen molar-refractivity contribution in [1.82, 2.24) is 20.1 Å². The summed E-state index contributed by atoms with van der Waals surface area (Å²) in [5.41, 5.74) is -0.548. The molecule has 1 aromatic rings. The van der Waals surface area contributed by atoms with Gasteiger partial charge < -0.3 is 0 Å². The van der Waals surface area contributed by atoms with Crippen molar-refractivity contribution in [2.75, 3.05) is 6.54 Å². The Morgan fingerprint density at radius 2 is 2.38 bits per heavy atom. The third kappa shape index (κ3) is 3.69. The van der Waals surface area contributed by atoms with Gasteiger partial charge in [0.2, 0.25) is 0 Å². The molecule has 1 saturated carbocycles. The fourth-order valence-electron chi connectivity index (χ4n) is 2.73. The molecule has 6 nitrogen and oxygen atoms in total. The van der Waals surface area contributed by atoms with E-state index in [-0.39, 0.29) is 5.69 Å². The lowest BCUT2D eigenvalue weighted by atomic mass is 10.00. The van der Waals surface area contributed by atoms with Crippen LogP contribution in [0.1, 0.15) is 46.0 Å². The quantitative estimate of drug-likeness (QED) is 0.803. The van der Waals surface area contributed by atoms with Crippen molar-refractivity contribution in [2.24, 2.45) is 0 Å². The molecule has 2 rings (SSSR count). The van der Waals surface area contributed by atoms with E-state index in [1.165, 1.54) is 0 Å². The van der Waals surface area contributed by atoms with Crippen molar-refractivity contribution in [2.45, 2.75) is 68.4 Å². The lowest BCUT2D eigenvalue weighted by Crippen LogP contribution is -2.42. The van der Waals surface area contributed by atoms with E-state index in [1.807, 2.05) is 6.92 Å². The number of aromatic nitrogens is 3. The Morgan fingerprint density at radius 3 is 3.05 bits per heavy atom. The lowest BCUT2D eigenvalue weighted by molar-refractivity contribution is 0.424. The first kappa shape index (κ1) is 16.1. The number of hydrogen-bond acceptors (Lipinski definition) is 5. The van der Waals surface area contributed by atoms with Crippen molar-refractivity contribution in [3.63, 3.8) is 0 Å². The van der Waals surface area contributed by atoms with Crippen molar-refractivity contribution < 1.29 is 0 Å². The van der Waals surface area contributed by atoms with Gasteiger partial charge in [-0.3, -0.25) is 9.88 Å². The zero-order valence-corrected chi connectivity index (χ0v) is 13.5. The van der Waals surface area contributed by atoms with E-state index in [4.69, 9.17) is 0 Å². The predicted molar refractivity (Wildman–Crippen MR) is 83.3 cm³/mol. The van der Waals surface area contributed by atoms with Gasteiger partial charge in [0.1, 0.15) is 5.54 Å². The monoisotopic (exact) mass is 309 g/mol. The highest BCUT2D eigenvalue weighted by atomic mass is 32.2. The highest BCUT2D eigenvalue weighted by Gasteiger charge is 2.39. The van der Waals surface area contributed by atoms with Crippen LogP contribution >= 0.6 is 11.8 Å². The van der Waals surface area contributed by atoms with Gasteiger partial charge in [-0.2, -0.15) is 5.26 Å². The first-order chi connectivity index (χ1) is 10.1. The van der Waals surface area contributed by atoms with Crippen LogP contribution in [0.3, 0.4) is 0 Å². The molecule has 1 aliphatic rings. The van der Waals surface area contributed by atoms with Crippen LogP contribution in [0.5, 0.6) is 0 Å². The Labute approximate surface area is 129 Å². The van der Waals surface area contributed by atoms with Crippen LogP contribution in [-0.2, 0) is 6.54 Å². The molecule has 0 saturated heterocycles. The molecule has 0 aromatic carbocycles. The van der Waals surface area contributed by atoms with Crippen LogP contribution in [0.2, 0.25) is 0 Å². The smallest absolute Gasteiger partial charge is 0.299 e. The molecule has 1 aliphatic carbocycles. The summed E-state index contributed by atoms with van der Waals surface area (Å²) in [6, 6.07) is 2.45. The van der Waals surface area contributed by atoms with E-state index in [0.717, 1.165) is 43.8 Å². The maximum absolute atomic E-state index is 11.7. The fourth-order valence-corrected chi connectivity index (χ4v) is 4.03. The summed E-state index contributed by atoms with van der Waals surface area (Å²) in [5, 5.41) is 20.6. The van der Waals surface area contributed by atoms with E-state index in [1.54, 1.807) is 16.3 Å². The molecule has 0 amide bonds. The maximum Gasteiger partial charge on any atom is 0.343 e. The highest BCUT2D eigenvalue weighted by Crippen LogP contribution is 2.39. The molecule has 1 aromatic heterocycles. The van der Waals surface area contributed by atoms with Crippen molar-refractivity contribution in [1.29, 1.82) is 5.26 Å². The largest absolute Gasteiger partial charge is 0.343 e. The number of hydrogen-bond donors (Lipinski definition) is 2. The van der Waals surface area contributed by atoms with Gasteiger partial charge >= 0.3 is 5.69 Å². The summed E-state index contributed by atoms with van der Waals surface area (Å²) >= 11 is 1.62. The second-order valence-electron chi connectivity index (χ2n) is 5.57. The number of aromatic amines is 1. The van der Waals surface area contributed by atoms with Gasteiger partial charge in [-0.1, -0.05) is 25.6 Å². The number of nitrogens with zero attached hydrogens (tertiary/aromatic N) is 3. The second-order valence-corrected chi connectivity index (χ2v) is 6.83. The summed E-state index contributed by atoms with van der Waals surface area (Å²) in [4.78, 5) is 11.7. The summed E-state index contributed by atoms with van der Waals surface area (Å²) in [6.45, 7) is 5.70. The van der Waals surface area contributed by atoms with Gasteiger partial charge in [-0.25, -0.2) is 9.89 Å². The molecule has 21 heavy (non-hydrogen) atoms. The third-order valence-corrected chi connectivity index (χ3v) is 5.10. The first-order valence-corrected chi connectivity index (χ1v) is 8.50. The minimum Gasteiger partial charge on any atom is -0.299 e. The van der Waals surface area contributed by atoms with E-state index in [9.17, 15) is 10.1 Å². The molecule has 2 N–H and O–H groups in total. The van der Waals surface area contributed by atoms with E-state index < -0.39 is 5.54 Å². The summed E-state index contributed by atoms with van der Waals surface area (Å²) in [7, 11) is 0. The van der Waals surface area contributed by atoms with Crippen LogP contribution in [-0.4, -0.2) is 32.1 Å². The van der Waals surface area contributed by atoms with E-state index in [0.29, 0.717) is 11.8 Å². The molecule has 0 bridgehead atoms. The Morgan fingerprint density at radius 1 is 1.57 bits per heavy atom. The van der Waals surface area contributed by atoms with E-state index >= 15 is 0 Å². The van der Waals surface area contributed by atoms with Gasteiger partial charge in [0.05, 0.1) is 6.07 Å². The molecule has 2 unspecified atom stereocenters. The van der Waals surface area contributed by atoms with Crippen LogP contribution < -0.4 is 11.0 Å². The molecule has 0 spiro atoms. The van der Waals surface area contributed by atoms with Gasteiger partial charge in [0, 0.05) is 11.8 Å². The van der Waals surface area contributed by atoms with Gasteiger partial charge in [0.15, 0.2) is 5.16 Å². The number of nitriles is 1.